The SMILES string of the molecule is CC(CCC(N)=O)C1CCC2C3C(O)CC4CC(OS(C)(=O)=O)CCC4(C)C3CC(O)C12C. The van der Waals surface area contributed by atoms with Gasteiger partial charge in [0.1, 0.15) is 0 Å². The molecule has 0 aromatic heterocycles. The number of rotatable bonds is 6. The number of carbonyl (C=O) groups excluding carboxylic acids is 1. The fourth-order valence-corrected chi connectivity index (χ4v) is 9.69. The molecule has 4 fully saturated rings. The highest BCUT2D eigenvalue weighted by Gasteiger charge is 2.65. The van der Waals surface area contributed by atoms with Gasteiger partial charge < -0.3 is 15.9 Å². The monoisotopic (exact) mass is 485 g/mol. The van der Waals surface area contributed by atoms with Crippen molar-refractivity contribution in [2.24, 2.45) is 52.1 Å². The summed E-state index contributed by atoms with van der Waals surface area (Å²) in [4.78, 5) is 11.3. The van der Waals surface area contributed by atoms with Crippen molar-refractivity contribution >= 4 is 16.0 Å². The van der Waals surface area contributed by atoms with E-state index in [2.05, 4.69) is 20.8 Å². The number of aliphatic hydroxyl groups excluding tert-OH is 2. The predicted molar refractivity (Wildman–Crippen MR) is 125 cm³/mol. The Bertz CT molecular complexity index is 863. The van der Waals surface area contributed by atoms with Crippen LogP contribution in [0.1, 0.15) is 78.6 Å². The summed E-state index contributed by atoms with van der Waals surface area (Å²) in [6.45, 7) is 6.70. The lowest BCUT2D eigenvalue weighted by atomic mass is 9.43. The largest absolute Gasteiger partial charge is 0.393 e. The summed E-state index contributed by atoms with van der Waals surface area (Å²) < 4.78 is 28.7. The molecule has 11 unspecified atom stereocenters. The topological polar surface area (TPSA) is 127 Å². The van der Waals surface area contributed by atoms with Gasteiger partial charge in [-0.25, -0.2) is 0 Å². The first-order chi connectivity index (χ1) is 15.3. The van der Waals surface area contributed by atoms with Crippen molar-refractivity contribution in [2.75, 3.05) is 6.26 Å². The smallest absolute Gasteiger partial charge is 0.264 e. The number of carbonyl (C=O) groups is 1. The van der Waals surface area contributed by atoms with E-state index in [0.29, 0.717) is 43.9 Å². The Balaban J connectivity index is 1.56. The fraction of sp³-hybridized carbons (Fsp3) is 0.960. The minimum absolute atomic E-state index is 0.0285. The molecule has 190 valence electrons. The minimum atomic E-state index is -3.50. The van der Waals surface area contributed by atoms with Crippen LogP contribution in [0.3, 0.4) is 0 Å². The summed E-state index contributed by atoms with van der Waals surface area (Å²) in [6, 6.07) is 0. The van der Waals surface area contributed by atoms with Gasteiger partial charge in [0.15, 0.2) is 0 Å². The third-order valence-corrected chi connectivity index (χ3v) is 11.3. The van der Waals surface area contributed by atoms with Gasteiger partial charge in [-0.2, -0.15) is 8.42 Å². The molecule has 0 heterocycles. The number of hydrogen-bond donors (Lipinski definition) is 3. The van der Waals surface area contributed by atoms with E-state index in [9.17, 15) is 23.4 Å². The number of aliphatic hydroxyl groups is 2. The Hall–Kier alpha value is -0.700. The summed E-state index contributed by atoms with van der Waals surface area (Å²) in [5, 5.41) is 23.0. The number of amides is 1. The Morgan fingerprint density at radius 3 is 2.45 bits per heavy atom. The van der Waals surface area contributed by atoms with Gasteiger partial charge in [-0.15, -0.1) is 0 Å². The number of fused-ring (bicyclic) bond motifs is 5. The van der Waals surface area contributed by atoms with Crippen molar-refractivity contribution in [2.45, 2.75) is 96.9 Å². The van der Waals surface area contributed by atoms with Crippen LogP contribution in [0.25, 0.3) is 0 Å². The van der Waals surface area contributed by atoms with Crippen molar-refractivity contribution < 1.29 is 27.6 Å². The predicted octanol–water partition coefficient (Wildman–Crippen LogP) is 2.83. The van der Waals surface area contributed by atoms with Gasteiger partial charge in [0.2, 0.25) is 5.91 Å². The van der Waals surface area contributed by atoms with Crippen molar-refractivity contribution in [3.8, 4) is 0 Å². The fourth-order valence-electron chi connectivity index (χ4n) is 9.02. The van der Waals surface area contributed by atoms with E-state index in [1.807, 2.05) is 0 Å². The number of primary amides is 1. The van der Waals surface area contributed by atoms with Crippen molar-refractivity contribution in [3.63, 3.8) is 0 Å². The Morgan fingerprint density at radius 1 is 1.12 bits per heavy atom. The number of nitrogens with two attached hydrogens (primary N) is 1. The molecule has 1 amide bonds. The van der Waals surface area contributed by atoms with Crippen LogP contribution >= 0.6 is 0 Å². The zero-order valence-corrected chi connectivity index (χ0v) is 21.4. The summed E-state index contributed by atoms with van der Waals surface area (Å²) in [7, 11) is -3.50. The second-order valence-corrected chi connectivity index (χ2v) is 13.9. The van der Waals surface area contributed by atoms with Gasteiger partial charge in [0.25, 0.3) is 10.1 Å². The quantitative estimate of drug-likeness (QED) is 0.497. The molecule has 0 aromatic carbocycles. The molecule has 0 radical (unpaired) electrons. The van der Waals surface area contributed by atoms with Crippen LogP contribution in [0.4, 0.5) is 0 Å². The minimum Gasteiger partial charge on any atom is -0.393 e. The highest BCUT2D eigenvalue weighted by atomic mass is 32.2. The first-order valence-corrected chi connectivity index (χ1v) is 14.6. The van der Waals surface area contributed by atoms with E-state index in [0.717, 1.165) is 31.9 Å². The first-order valence-electron chi connectivity index (χ1n) is 12.8. The molecule has 4 saturated carbocycles. The van der Waals surface area contributed by atoms with Crippen LogP contribution in [-0.2, 0) is 19.1 Å². The lowest BCUT2D eigenvalue weighted by Gasteiger charge is -2.63. The zero-order valence-electron chi connectivity index (χ0n) is 20.6. The maximum atomic E-state index is 11.7. The second-order valence-electron chi connectivity index (χ2n) is 12.3. The molecule has 4 aliphatic rings. The highest BCUT2D eigenvalue weighted by molar-refractivity contribution is 7.86. The van der Waals surface area contributed by atoms with E-state index in [-0.39, 0.29) is 46.5 Å². The molecule has 11 atom stereocenters. The van der Waals surface area contributed by atoms with Gasteiger partial charge in [0.05, 0.1) is 24.6 Å². The second kappa shape index (κ2) is 8.75. The average Bonchev–Trinajstić information content (AvgIpc) is 3.05. The Labute approximate surface area is 199 Å². The summed E-state index contributed by atoms with van der Waals surface area (Å²) in [5.41, 5.74) is 5.10. The van der Waals surface area contributed by atoms with Crippen LogP contribution in [0.15, 0.2) is 0 Å². The summed E-state index contributed by atoms with van der Waals surface area (Å²) in [6.07, 6.45) is 6.59. The van der Waals surface area contributed by atoms with Crippen molar-refractivity contribution in [1.82, 2.24) is 0 Å². The van der Waals surface area contributed by atoms with E-state index in [1.165, 1.54) is 0 Å². The standard InChI is InChI=1S/C25H43NO6S/c1-14(5-8-22(26)29)17-6-7-18-23-19(13-21(28)25(17,18)3)24(2)10-9-16(32-33(4,30)31)11-15(24)12-20(23)27/h14-21,23,27-28H,5-13H2,1-4H3,(H2,26,29). The molecule has 0 saturated heterocycles. The molecule has 4 rings (SSSR count). The van der Waals surface area contributed by atoms with Gasteiger partial charge in [-0.3, -0.25) is 8.98 Å². The van der Waals surface area contributed by atoms with Gasteiger partial charge in [-0.1, -0.05) is 20.8 Å². The molecule has 0 bridgehead atoms. The highest BCUT2D eigenvalue weighted by Crippen LogP contribution is 2.68. The lowest BCUT2D eigenvalue weighted by Crippen LogP contribution is -2.62. The molecule has 0 aliphatic heterocycles. The van der Waals surface area contributed by atoms with E-state index in [4.69, 9.17) is 9.92 Å². The van der Waals surface area contributed by atoms with Crippen molar-refractivity contribution in [3.05, 3.63) is 0 Å². The van der Waals surface area contributed by atoms with Gasteiger partial charge in [0, 0.05) is 6.42 Å². The number of hydrogen-bond acceptors (Lipinski definition) is 6. The van der Waals surface area contributed by atoms with Crippen LogP contribution in [0.2, 0.25) is 0 Å². The molecular weight excluding hydrogens is 442 g/mol. The normalized spacial score (nSPS) is 48.4. The van der Waals surface area contributed by atoms with E-state index < -0.39 is 22.3 Å². The van der Waals surface area contributed by atoms with Crippen LogP contribution in [0, 0.1) is 46.3 Å². The average molecular weight is 486 g/mol. The van der Waals surface area contributed by atoms with Crippen LogP contribution < -0.4 is 5.73 Å². The maximum Gasteiger partial charge on any atom is 0.264 e. The Morgan fingerprint density at radius 2 is 1.82 bits per heavy atom. The third-order valence-electron chi connectivity index (χ3n) is 10.7. The van der Waals surface area contributed by atoms with E-state index >= 15 is 0 Å². The molecule has 4 N–H and O–H groups in total. The molecule has 4 aliphatic carbocycles. The molecule has 33 heavy (non-hydrogen) atoms. The molecule has 0 aromatic rings. The lowest BCUT2D eigenvalue weighted by molar-refractivity contribution is -0.205. The molecular formula is C25H43NO6S. The zero-order chi connectivity index (χ0) is 24.3. The third kappa shape index (κ3) is 4.38. The first kappa shape index (κ1) is 25.4. The van der Waals surface area contributed by atoms with Crippen LogP contribution in [-0.4, -0.2) is 49.1 Å². The Kier molecular flexibility index (Phi) is 6.74. The van der Waals surface area contributed by atoms with E-state index in [1.54, 1.807) is 0 Å². The summed E-state index contributed by atoms with van der Waals surface area (Å²) >= 11 is 0. The van der Waals surface area contributed by atoms with Crippen molar-refractivity contribution in [1.29, 1.82) is 0 Å². The summed E-state index contributed by atoms with van der Waals surface area (Å²) in [5.74, 6) is 1.16. The van der Waals surface area contributed by atoms with Gasteiger partial charge >= 0.3 is 0 Å². The molecule has 7 nitrogen and oxygen atoms in total. The maximum absolute atomic E-state index is 11.7. The van der Waals surface area contributed by atoms with Gasteiger partial charge in [-0.05, 0) is 97.7 Å². The molecule has 8 heteroatoms. The van der Waals surface area contributed by atoms with Crippen LogP contribution in [0.5, 0.6) is 0 Å². The molecule has 0 spiro atoms.